The predicted octanol–water partition coefficient (Wildman–Crippen LogP) is 5.12. The summed E-state index contributed by atoms with van der Waals surface area (Å²) in [6.45, 7) is 6.41. The molecule has 1 N–H and O–H groups in total. The van der Waals surface area contributed by atoms with E-state index in [0.29, 0.717) is 44.2 Å². The highest BCUT2D eigenvalue weighted by Gasteiger charge is 2.35. The Hall–Kier alpha value is -2.68. The Morgan fingerprint density at radius 2 is 1.83 bits per heavy atom. The topological polar surface area (TPSA) is 48.5 Å². The molecule has 2 aliphatic heterocycles. The van der Waals surface area contributed by atoms with E-state index in [1.54, 1.807) is 4.90 Å². The van der Waals surface area contributed by atoms with E-state index in [1.807, 2.05) is 13.0 Å². The summed E-state index contributed by atoms with van der Waals surface area (Å²) in [6, 6.07) is 11.0. The quantitative estimate of drug-likeness (QED) is 0.530. The highest BCUT2D eigenvalue weighted by molar-refractivity contribution is 5.79. The molecule has 3 heterocycles. The van der Waals surface area contributed by atoms with E-state index in [9.17, 15) is 22.4 Å². The van der Waals surface area contributed by atoms with E-state index in [4.69, 9.17) is 0 Å². The molecule has 0 radical (unpaired) electrons. The minimum Gasteiger partial charge on any atom is -0.356 e. The third-order valence-electron chi connectivity index (χ3n) is 7.50. The molecule has 2 fully saturated rings. The summed E-state index contributed by atoms with van der Waals surface area (Å²) in [5.74, 6) is -0.744. The Labute approximate surface area is 209 Å². The predicted molar refractivity (Wildman–Crippen MR) is 131 cm³/mol. The van der Waals surface area contributed by atoms with Crippen LogP contribution in [-0.2, 0) is 17.5 Å². The number of aromatic nitrogens is 1. The molecule has 196 valence electrons. The number of carbonyl (C=O) groups is 1. The fraction of sp³-hybridized carbons (Fsp3) is 0.556. The molecule has 36 heavy (non-hydrogen) atoms. The van der Waals surface area contributed by atoms with E-state index in [1.165, 1.54) is 5.56 Å². The van der Waals surface area contributed by atoms with Gasteiger partial charge in [0.05, 0.1) is 5.56 Å². The summed E-state index contributed by atoms with van der Waals surface area (Å²) in [7, 11) is 0. The van der Waals surface area contributed by atoms with Gasteiger partial charge in [-0.3, -0.25) is 9.69 Å². The van der Waals surface area contributed by atoms with E-state index < -0.39 is 17.6 Å². The van der Waals surface area contributed by atoms with Gasteiger partial charge in [0.1, 0.15) is 0 Å². The molecular weight excluding hydrogens is 472 g/mol. The maximum absolute atomic E-state index is 14.3. The van der Waals surface area contributed by atoms with Crippen molar-refractivity contribution < 1.29 is 22.4 Å². The van der Waals surface area contributed by atoms with Crippen LogP contribution >= 0.6 is 0 Å². The van der Waals surface area contributed by atoms with Gasteiger partial charge >= 0.3 is 6.18 Å². The molecule has 0 bridgehead atoms. The van der Waals surface area contributed by atoms with Crippen molar-refractivity contribution >= 4 is 11.7 Å². The number of anilines is 1. The Morgan fingerprint density at radius 1 is 1.11 bits per heavy atom. The lowest BCUT2D eigenvalue weighted by Gasteiger charge is -2.37. The van der Waals surface area contributed by atoms with Crippen LogP contribution in [0, 0.1) is 23.6 Å². The molecule has 9 heteroatoms. The number of pyridine rings is 1. The Bertz CT molecular complexity index is 1010. The zero-order chi connectivity index (χ0) is 25.7. The van der Waals surface area contributed by atoms with E-state index in [-0.39, 0.29) is 23.6 Å². The number of carbonyl (C=O) groups excluding carboxylic acids is 1. The molecule has 0 saturated carbocycles. The number of hydrogen-bond donors (Lipinski definition) is 1. The van der Waals surface area contributed by atoms with Crippen LogP contribution in [0.1, 0.15) is 43.7 Å². The molecule has 2 aromatic rings. The molecule has 0 spiro atoms. The molecular formula is C27H34F4N4O. The smallest absolute Gasteiger partial charge is 0.356 e. The van der Waals surface area contributed by atoms with E-state index in [2.05, 4.69) is 39.5 Å². The minimum absolute atomic E-state index is 0.00418. The average Bonchev–Trinajstić information content (AvgIpc) is 2.85. The molecule has 1 aromatic carbocycles. The third-order valence-corrected chi connectivity index (χ3v) is 7.50. The second-order valence-corrected chi connectivity index (χ2v) is 10.1. The second kappa shape index (κ2) is 11.6. The van der Waals surface area contributed by atoms with Crippen LogP contribution in [0.3, 0.4) is 0 Å². The van der Waals surface area contributed by atoms with Crippen molar-refractivity contribution in [3.63, 3.8) is 0 Å². The number of alkyl halides is 3. The van der Waals surface area contributed by atoms with Gasteiger partial charge in [-0.25, -0.2) is 9.37 Å². The molecule has 5 nitrogen and oxygen atoms in total. The molecule has 1 unspecified atom stereocenters. The fourth-order valence-electron chi connectivity index (χ4n) is 5.35. The van der Waals surface area contributed by atoms with E-state index >= 15 is 0 Å². The van der Waals surface area contributed by atoms with Crippen molar-refractivity contribution in [1.82, 2.24) is 15.2 Å². The first-order valence-electron chi connectivity index (χ1n) is 12.7. The standard InChI is InChI=1S/C27H34F4N4O/c1-19-17-35(25-24(28)15-22(16-33-25)27(29,30)31)14-10-23(19)26(36)32-11-7-20-8-12-34(13-9-20)18-21-5-3-2-4-6-21/h2-6,15-16,19-20,23H,7-14,17-18H2,1H3,(H,32,36)/t19-,23?/m0/s1. The van der Waals surface area contributed by atoms with Gasteiger partial charge in [0.15, 0.2) is 11.6 Å². The maximum atomic E-state index is 14.3. The SMILES string of the molecule is C[C@H]1CN(c2ncc(C(F)(F)F)cc2F)CCC1C(=O)NCCC1CCN(Cc2ccccc2)CC1. The number of hydrogen-bond acceptors (Lipinski definition) is 4. The fourth-order valence-corrected chi connectivity index (χ4v) is 5.35. The first-order valence-corrected chi connectivity index (χ1v) is 12.7. The van der Waals surface area contributed by atoms with Gasteiger partial charge in [-0.2, -0.15) is 13.2 Å². The van der Waals surface area contributed by atoms with Crippen molar-refractivity contribution in [2.24, 2.45) is 17.8 Å². The number of likely N-dealkylation sites (tertiary alicyclic amines) is 1. The van der Waals surface area contributed by atoms with Crippen molar-refractivity contribution in [2.45, 2.75) is 45.3 Å². The highest BCUT2D eigenvalue weighted by Crippen LogP contribution is 2.33. The van der Waals surface area contributed by atoms with Gasteiger partial charge in [-0.15, -0.1) is 0 Å². The molecule has 4 rings (SSSR count). The first-order chi connectivity index (χ1) is 17.2. The van der Waals surface area contributed by atoms with Gasteiger partial charge in [-0.05, 0) is 62.2 Å². The normalized spacial score (nSPS) is 22.0. The van der Waals surface area contributed by atoms with Crippen LogP contribution in [0.2, 0.25) is 0 Å². The monoisotopic (exact) mass is 506 g/mol. The Balaban J connectivity index is 1.18. The Morgan fingerprint density at radius 3 is 2.47 bits per heavy atom. The highest BCUT2D eigenvalue weighted by atomic mass is 19.4. The molecule has 0 aliphatic carbocycles. The molecule has 2 atom stereocenters. The van der Waals surface area contributed by atoms with Crippen molar-refractivity contribution in [2.75, 3.05) is 37.6 Å². The lowest BCUT2D eigenvalue weighted by molar-refractivity contribution is -0.138. The number of rotatable bonds is 7. The van der Waals surface area contributed by atoms with E-state index in [0.717, 1.165) is 38.9 Å². The van der Waals surface area contributed by atoms with Crippen molar-refractivity contribution in [3.8, 4) is 0 Å². The van der Waals surface area contributed by atoms with Gasteiger partial charge in [0.25, 0.3) is 0 Å². The van der Waals surface area contributed by atoms with Gasteiger partial charge in [-0.1, -0.05) is 37.3 Å². The van der Waals surface area contributed by atoms with Crippen LogP contribution in [0.4, 0.5) is 23.4 Å². The number of nitrogens with one attached hydrogen (secondary N) is 1. The lowest BCUT2D eigenvalue weighted by Crippen LogP contribution is -2.46. The van der Waals surface area contributed by atoms with Crippen LogP contribution < -0.4 is 10.2 Å². The summed E-state index contributed by atoms with van der Waals surface area (Å²) >= 11 is 0. The molecule has 2 saturated heterocycles. The summed E-state index contributed by atoms with van der Waals surface area (Å²) < 4.78 is 52.7. The van der Waals surface area contributed by atoms with Crippen LogP contribution in [0.5, 0.6) is 0 Å². The molecule has 1 aromatic heterocycles. The largest absolute Gasteiger partial charge is 0.417 e. The van der Waals surface area contributed by atoms with Gasteiger partial charge in [0, 0.05) is 38.3 Å². The third kappa shape index (κ3) is 6.75. The number of amides is 1. The van der Waals surface area contributed by atoms with Crippen LogP contribution in [-0.4, -0.2) is 48.5 Å². The zero-order valence-electron chi connectivity index (χ0n) is 20.6. The lowest BCUT2D eigenvalue weighted by atomic mass is 9.86. The zero-order valence-corrected chi connectivity index (χ0v) is 20.6. The number of benzene rings is 1. The van der Waals surface area contributed by atoms with Crippen LogP contribution in [0.15, 0.2) is 42.6 Å². The Kier molecular flexibility index (Phi) is 8.49. The maximum Gasteiger partial charge on any atom is 0.417 e. The first kappa shape index (κ1) is 26.4. The summed E-state index contributed by atoms with van der Waals surface area (Å²) in [6.07, 6.45) is -0.254. The van der Waals surface area contributed by atoms with Gasteiger partial charge in [0.2, 0.25) is 5.91 Å². The van der Waals surface area contributed by atoms with Gasteiger partial charge < -0.3 is 10.2 Å². The minimum atomic E-state index is -4.64. The summed E-state index contributed by atoms with van der Waals surface area (Å²) in [4.78, 5) is 20.7. The average molecular weight is 507 g/mol. The molecule has 1 amide bonds. The second-order valence-electron chi connectivity index (χ2n) is 10.1. The van der Waals surface area contributed by atoms with Crippen molar-refractivity contribution in [3.05, 3.63) is 59.5 Å². The number of halogens is 4. The summed E-state index contributed by atoms with van der Waals surface area (Å²) in [5.41, 5.74) is 0.230. The number of piperidine rings is 2. The van der Waals surface area contributed by atoms with Crippen LogP contribution in [0.25, 0.3) is 0 Å². The molecule has 2 aliphatic rings. The van der Waals surface area contributed by atoms with Crippen molar-refractivity contribution in [1.29, 1.82) is 0 Å². The number of nitrogens with zero attached hydrogens (tertiary/aromatic N) is 3. The summed E-state index contributed by atoms with van der Waals surface area (Å²) in [5, 5.41) is 3.09.